The van der Waals surface area contributed by atoms with Gasteiger partial charge in [-0.15, -0.1) is 0 Å². The van der Waals surface area contributed by atoms with Crippen LogP contribution in [0.15, 0.2) is 42.6 Å². The van der Waals surface area contributed by atoms with Gasteiger partial charge in [-0.3, -0.25) is 4.79 Å². The highest BCUT2D eigenvalue weighted by molar-refractivity contribution is 5.76. The lowest BCUT2D eigenvalue weighted by Gasteiger charge is -2.14. The molecular weight excluding hydrogens is 311 g/mol. The molecule has 1 atom stereocenters. The van der Waals surface area contributed by atoms with Crippen LogP contribution in [0.25, 0.3) is 0 Å². The van der Waals surface area contributed by atoms with E-state index in [9.17, 15) is 14.3 Å². The zero-order valence-electron chi connectivity index (χ0n) is 13.7. The molecule has 1 aromatic heterocycles. The third-order valence-electron chi connectivity index (χ3n) is 3.50. The number of halogens is 1. The lowest BCUT2D eigenvalue weighted by Crippen LogP contribution is -2.29. The Labute approximate surface area is 140 Å². The third-order valence-corrected chi connectivity index (χ3v) is 3.50. The van der Waals surface area contributed by atoms with Gasteiger partial charge < -0.3 is 15.2 Å². The summed E-state index contributed by atoms with van der Waals surface area (Å²) in [5, 5.41) is 12.5. The predicted octanol–water partition coefficient (Wildman–Crippen LogP) is 3.04. The molecule has 1 amide bonds. The molecule has 0 aliphatic carbocycles. The van der Waals surface area contributed by atoms with Crippen LogP contribution < -0.4 is 10.1 Å². The minimum Gasteiger partial charge on any atom is -0.439 e. The van der Waals surface area contributed by atoms with Gasteiger partial charge in [0.2, 0.25) is 11.8 Å². The highest BCUT2D eigenvalue weighted by Gasteiger charge is 2.15. The van der Waals surface area contributed by atoms with Crippen molar-refractivity contribution in [3.63, 3.8) is 0 Å². The Bertz CT molecular complexity index is 691. The van der Waals surface area contributed by atoms with Gasteiger partial charge in [-0.1, -0.05) is 26.0 Å². The molecule has 0 spiro atoms. The maximum absolute atomic E-state index is 13.2. The third kappa shape index (κ3) is 5.31. The molecule has 24 heavy (non-hydrogen) atoms. The maximum Gasteiger partial charge on any atom is 0.224 e. The Morgan fingerprint density at radius 1 is 1.33 bits per heavy atom. The number of nitrogens with one attached hydrogen (secondary N) is 1. The second kappa shape index (κ2) is 8.40. The van der Waals surface area contributed by atoms with Crippen molar-refractivity contribution in [1.29, 1.82) is 0 Å². The highest BCUT2D eigenvalue weighted by Crippen LogP contribution is 2.23. The number of carbonyl (C=O) groups excluding carboxylic acids is 1. The molecule has 0 bridgehead atoms. The van der Waals surface area contributed by atoms with E-state index < -0.39 is 11.9 Å². The molecule has 1 aromatic carbocycles. The summed E-state index contributed by atoms with van der Waals surface area (Å²) in [4.78, 5) is 16.0. The lowest BCUT2D eigenvalue weighted by atomic mass is 10.0. The minimum atomic E-state index is -0.679. The Hall–Kier alpha value is -2.47. The van der Waals surface area contributed by atoms with Gasteiger partial charge in [0.05, 0.1) is 12.5 Å². The van der Waals surface area contributed by atoms with Crippen LogP contribution in [0.4, 0.5) is 4.39 Å². The number of nitrogens with zero attached hydrogens (tertiary/aromatic N) is 1. The second-order valence-corrected chi connectivity index (χ2v) is 5.82. The molecule has 1 heterocycles. The molecule has 2 rings (SSSR count). The molecular formula is C18H21FN2O3. The van der Waals surface area contributed by atoms with Crippen molar-refractivity contribution >= 4 is 5.91 Å². The summed E-state index contributed by atoms with van der Waals surface area (Å²) in [5.41, 5.74) is 0.661. The molecule has 1 unspecified atom stereocenters. The summed E-state index contributed by atoms with van der Waals surface area (Å²) in [6.45, 7) is 3.91. The maximum atomic E-state index is 13.2. The fraction of sp³-hybridized carbons (Fsp3) is 0.333. The zero-order chi connectivity index (χ0) is 17.5. The first kappa shape index (κ1) is 17.9. The molecule has 128 valence electrons. The number of aliphatic hydroxyl groups excluding tert-OH is 1. The number of pyridine rings is 1. The zero-order valence-corrected chi connectivity index (χ0v) is 13.7. The van der Waals surface area contributed by atoms with Crippen LogP contribution in [0, 0.1) is 11.7 Å². The van der Waals surface area contributed by atoms with E-state index in [4.69, 9.17) is 4.74 Å². The molecule has 2 N–H and O–H groups in total. The van der Waals surface area contributed by atoms with E-state index in [0.717, 1.165) is 0 Å². The van der Waals surface area contributed by atoms with Crippen LogP contribution in [0.5, 0.6) is 11.6 Å². The summed E-state index contributed by atoms with van der Waals surface area (Å²) in [7, 11) is 0. The number of hydrogen-bond donors (Lipinski definition) is 2. The van der Waals surface area contributed by atoms with Gasteiger partial charge in [0.1, 0.15) is 11.6 Å². The van der Waals surface area contributed by atoms with Crippen LogP contribution >= 0.6 is 0 Å². The van der Waals surface area contributed by atoms with E-state index in [1.165, 1.54) is 12.1 Å². The second-order valence-electron chi connectivity index (χ2n) is 5.82. The van der Waals surface area contributed by atoms with Gasteiger partial charge in [-0.25, -0.2) is 9.37 Å². The molecule has 6 heteroatoms. The normalized spacial score (nSPS) is 12.0. The summed E-state index contributed by atoms with van der Waals surface area (Å²) in [6, 6.07) is 9.24. The van der Waals surface area contributed by atoms with Gasteiger partial charge in [-0.2, -0.15) is 0 Å². The van der Waals surface area contributed by atoms with Crippen molar-refractivity contribution in [3.05, 3.63) is 54.0 Å². The Morgan fingerprint density at radius 2 is 2.12 bits per heavy atom. The topological polar surface area (TPSA) is 71.5 Å². The monoisotopic (exact) mass is 332 g/mol. The number of hydrogen-bond acceptors (Lipinski definition) is 4. The van der Waals surface area contributed by atoms with Crippen LogP contribution in [0.1, 0.15) is 25.8 Å². The van der Waals surface area contributed by atoms with Gasteiger partial charge in [0.15, 0.2) is 0 Å². The van der Waals surface area contributed by atoms with E-state index in [1.54, 1.807) is 30.5 Å². The Morgan fingerprint density at radius 3 is 2.83 bits per heavy atom. The molecule has 0 saturated heterocycles. The van der Waals surface area contributed by atoms with Crippen LogP contribution in [-0.2, 0) is 11.3 Å². The first-order chi connectivity index (χ1) is 11.5. The summed E-state index contributed by atoms with van der Waals surface area (Å²) in [6.07, 6.45) is 0.919. The SMILES string of the molecule is CC(C)C(O)CC(=O)NCc1cccnc1Oc1cccc(F)c1. The van der Waals surface area contributed by atoms with Crippen molar-refractivity contribution in [3.8, 4) is 11.6 Å². The fourth-order valence-electron chi connectivity index (χ4n) is 1.98. The smallest absolute Gasteiger partial charge is 0.224 e. The molecule has 0 saturated carbocycles. The van der Waals surface area contributed by atoms with Gasteiger partial charge in [-0.05, 0) is 24.1 Å². The van der Waals surface area contributed by atoms with Crippen molar-refractivity contribution in [2.75, 3.05) is 0 Å². The predicted molar refractivity (Wildman–Crippen MR) is 88.0 cm³/mol. The highest BCUT2D eigenvalue weighted by atomic mass is 19.1. The Kier molecular flexibility index (Phi) is 6.26. The van der Waals surface area contributed by atoms with E-state index in [-0.39, 0.29) is 24.8 Å². The van der Waals surface area contributed by atoms with Crippen LogP contribution in [-0.4, -0.2) is 22.1 Å². The van der Waals surface area contributed by atoms with E-state index in [1.807, 2.05) is 13.8 Å². The van der Waals surface area contributed by atoms with Crippen molar-refractivity contribution in [1.82, 2.24) is 10.3 Å². The molecule has 2 aromatic rings. The fourth-order valence-corrected chi connectivity index (χ4v) is 1.98. The number of benzene rings is 1. The summed E-state index contributed by atoms with van der Waals surface area (Å²) >= 11 is 0. The minimum absolute atomic E-state index is 0.0148. The van der Waals surface area contributed by atoms with Crippen molar-refractivity contribution in [2.24, 2.45) is 5.92 Å². The number of aliphatic hydroxyl groups is 1. The van der Waals surface area contributed by atoms with Crippen LogP contribution in [0.2, 0.25) is 0 Å². The van der Waals surface area contributed by atoms with Gasteiger partial charge >= 0.3 is 0 Å². The number of amides is 1. The number of ether oxygens (including phenoxy) is 1. The molecule has 0 aliphatic heterocycles. The van der Waals surface area contributed by atoms with Gasteiger partial charge in [0, 0.05) is 24.4 Å². The quantitative estimate of drug-likeness (QED) is 0.817. The average Bonchev–Trinajstić information content (AvgIpc) is 2.54. The summed E-state index contributed by atoms with van der Waals surface area (Å²) in [5.74, 6) is -0.0111. The standard InChI is InChI=1S/C18H21FN2O3/c1-12(2)16(22)10-17(23)21-11-13-5-4-8-20-18(13)24-15-7-3-6-14(19)9-15/h3-9,12,16,22H,10-11H2,1-2H3,(H,21,23). The van der Waals surface area contributed by atoms with Gasteiger partial charge in [0.25, 0.3) is 0 Å². The summed E-state index contributed by atoms with van der Waals surface area (Å²) < 4.78 is 18.8. The number of rotatable bonds is 7. The van der Waals surface area contributed by atoms with E-state index in [0.29, 0.717) is 17.2 Å². The molecule has 0 radical (unpaired) electrons. The first-order valence-electron chi connectivity index (χ1n) is 7.78. The average molecular weight is 332 g/mol. The Balaban J connectivity index is 2.00. The first-order valence-corrected chi connectivity index (χ1v) is 7.78. The molecule has 0 fully saturated rings. The molecule has 5 nitrogen and oxygen atoms in total. The van der Waals surface area contributed by atoms with E-state index in [2.05, 4.69) is 10.3 Å². The van der Waals surface area contributed by atoms with E-state index >= 15 is 0 Å². The number of aromatic nitrogens is 1. The lowest BCUT2D eigenvalue weighted by molar-refractivity contribution is -0.123. The van der Waals surface area contributed by atoms with Crippen LogP contribution in [0.3, 0.4) is 0 Å². The van der Waals surface area contributed by atoms with Crippen molar-refractivity contribution in [2.45, 2.75) is 32.9 Å². The molecule has 0 aliphatic rings. The largest absolute Gasteiger partial charge is 0.439 e. The number of carbonyl (C=O) groups is 1. The van der Waals surface area contributed by atoms with Crippen molar-refractivity contribution < 1.29 is 19.0 Å².